The molecule has 272 valence electrons. The molecule has 3 aromatic rings. The highest BCUT2D eigenvalue weighted by atomic mass is 15.2. The predicted octanol–water partition coefficient (Wildman–Crippen LogP) is 13.8. The van der Waals surface area contributed by atoms with Gasteiger partial charge in [-0.2, -0.15) is 0 Å². The van der Waals surface area contributed by atoms with Crippen molar-refractivity contribution in [1.82, 2.24) is 4.90 Å². The molecule has 53 heavy (non-hydrogen) atoms. The van der Waals surface area contributed by atoms with Crippen LogP contribution in [-0.2, 0) is 0 Å². The quantitative estimate of drug-likeness (QED) is 0.154. The van der Waals surface area contributed by atoms with E-state index in [1.54, 1.807) is 0 Å². The Labute approximate surface area is 320 Å². The molecule has 0 bridgehead atoms. The van der Waals surface area contributed by atoms with Crippen molar-refractivity contribution in [3.8, 4) is 0 Å². The molecule has 5 atom stereocenters. The van der Waals surface area contributed by atoms with E-state index in [-0.39, 0.29) is 0 Å². The predicted molar refractivity (Wildman–Crippen MR) is 230 cm³/mol. The van der Waals surface area contributed by atoms with Gasteiger partial charge in [0.1, 0.15) is 0 Å². The van der Waals surface area contributed by atoms with E-state index in [2.05, 4.69) is 190 Å². The average molecular weight is 699 g/mol. The number of aryl methyl sites for hydroxylation is 1. The Kier molecular flexibility index (Phi) is 11.6. The second kappa shape index (κ2) is 16.9. The van der Waals surface area contributed by atoms with Gasteiger partial charge in [0.25, 0.3) is 0 Å². The Morgan fingerprint density at radius 2 is 1.47 bits per heavy atom. The van der Waals surface area contributed by atoms with Crippen LogP contribution >= 0.6 is 0 Å². The van der Waals surface area contributed by atoms with Gasteiger partial charge in [0.05, 0.1) is 6.04 Å². The van der Waals surface area contributed by atoms with E-state index in [0.29, 0.717) is 23.9 Å². The summed E-state index contributed by atoms with van der Waals surface area (Å²) in [5, 5.41) is 0. The van der Waals surface area contributed by atoms with Crippen LogP contribution in [0.25, 0.3) is 18.2 Å². The minimum Gasteiger partial charge on any atom is -0.338 e. The summed E-state index contributed by atoms with van der Waals surface area (Å²) in [5.74, 6) is 1.62. The first-order valence-corrected chi connectivity index (χ1v) is 20.1. The fraction of sp³-hybridized carbons (Fsp3) is 0.333. The lowest BCUT2D eigenvalue weighted by atomic mass is 9.86. The summed E-state index contributed by atoms with van der Waals surface area (Å²) in [5.41, 5.74) is 13.4. The van der Waals surface area contributed by atoms with Crippen molar-refractivity contribution in [2.24, 2.45) is 17.8 Å². The Morgan fingerprint density at radius 3 is 2.23 bits per heavy atom. The van der Waals surface area contributed by atoms with Gasteiger partial charge in [-0.15, -0.1) is 0 Å². The van der Waals surface area contributed by atoms with Crippen LogP contribution < -0.4 is 4.90 Å². The van der Waals surface area contributed by atoms with Crippen LogP contribution in [0.3, 0.4) is 0 Å². The molecule has 2 nitrogen and oxygen atoms in total. The molecule has 0 aliphatic heterocycles. The summed E-state index contributed by atoms with van der Waals surface area (Å²) in [7, 11) is 0. The average Bonchev–Trinajstić information content (AvgIpc) is 3.16. The van der Waals surface area contributed by atoms with Crippen molar-refractivity contribution >= 4 is 29.6 Å². The molecule has 4 aliphatic rings. The Morgan fingerprint density at radius 1 is 0.679 bits per heavy atom. The summed E-state index contributed by atoms with van der Waals surface area (Å²) in [6.07, 6.45) is 36.4. The summed E-state index contributed by atoms with van der Waals surface area (Å²) in [6, 6.07) is 27.6. The lowest BCUT2D eigenvalue weighted by Gasteiger charge is -2.41. The minimum absolute atomic E-state index is 0.365. The zero-order valence-electron chi connectivity index (χ0n) is 32.6. The highest BCUT2D eigenvalue weighted by Crippen LogP contribution is 2.38. The fourth-order valence-electron chi connectivity index (χ4n) is 8.70. The van der Waals surface area contributed by atoms with Gasteiger partial charge in [-0.3, -0.25) is 0 Å². The van der Waals surface area contributed by atoms with Crippen LogP contribution in [-0.4, -0.2) is 17.0 Å². The number of hydrogen-bond donors (Lipinski definition) is 0. The molecule has 0 spiro atoms. The molecule has 4 aliphatic carbocycles. The monoisotopic (exact) mass is 698 g/mol. The van der Waals surface area contributed by atoms with Crippen molar-refractivity contribution in [1.29, 1.82) is 0 Å². The Balaban J connectivity index is 1.04. The van der Waals surface area contributed by atoms with Crippen LogP contribution in [0.5, 0.6) is 0 Å². The molecular weight excluding hydrogens is 641 g/mol. The van der Waals surface area contributed by atoms with Crippen molar-refractivity contribution < 1.29 is 0 Å². The molecule has 0 fully saturated rings. The third kappa shape index (κ3) is 8.87. The van der Waals surface area contributed by atoms with E-state index in [0.717, 1.165) is 31.6 Å². The number of para-hydroxylation sites is 1. The minimum atomic E-state index is 0.365. The van der Waals surface area contributed by atoms with E-state index in [1.807, 2.05) is 0 Å². The van der Waals surface area contributed by atoms with Gasteiger partial charge in [-0.25, -0.2) is 0 Å². The zero-order chi connectivity index (χ0) is 36.7. The summed E-state index contributed by atoms with van der Waals surface area (Å²) < 4.78 is 0. The largest absolute Gasteiger partial charge is 0.338 e. The highest BCUT2D eigenvalue weighted by Gasteiger charge is 2.30. The second-order valence-electron chi connectivity index (χ2n) is 16.0. The molecule has 0 heterocycles. The van der Waals surface area contributed by atoms with Gasteiger partial charge < -0.3 is 9.80 Å². The summed E-state index contributed by atoms with van der Waals surface area (Å²) >= 11 is 0. The molecule has 0 saturated carbocycles. The van der Waals surface area contributed by atoms with Crippen molar-refractivity contribution in [3.63, 3.8) is 0 Å². The van der Waals surface area contributed by atoms with Gasteiger partial charge in [-0.05, 0) is 136 Å². The van der Waals surface area contributed by atoms with Gasteiger partial charge in [0.2, 0.25) is 0 Å². The maximum Gasteiger partial charge on any atom is 0.0582 e. The smallest absolute Gasteiger partial charge is 0.0582 e. The number of hydrogen-bond acceptors (Lipinski definition) is 2. The number of anilines is 2. The molecular formula is C51H58N2. The first kappa shape index (κ1) is 36.5. The van der Waals surface area contributed by atoms with E-state index in [4.69, 9.17) is 0 Å². The van der Waals surface area contributed by atoms with Crippen LogP contribution in [0.1, 0.15) is 94.9 Å². The molecule has 2 heteroatoms. The number of benzene rings is 3. The van der Waals surface area contributed by atoms with E-state index >= 15 is 0 Å². The zero-order valence-corrected chi connectivity index (χ0v) is 32.6. The van der Waals surface area contributed by atoms with E-state index in [1.165, 1.54) is 75.4 Å². The Bertz CT molecular complexity index is 2000. The first-order valence-electron chi connectivity index (χ1n) is 20.1. The lowest BCUT2D eigenvalue weighted by Crippen LogP contribution is -2.38. The SMILES string of the molecule is CC1=CCCC(N(c2ccccc2)c2ccc(/C=C/c3cccc(/C=C\C4CC=C(N(C5=CCCC(C)C5)C5C=CC=CC5C)C=C4C)c3)c(C)c2)C1. The van der Waals surface area contributed by atoms with E-state index < -0.39 is 0 Å². The first-order chi connectivity index (χ1) is 25.8. The maximum absolute atomic E-state index is 2.66. The van der Waals surface area contributed by atoms with Gasteiger partial charge in [-0.1, -0.05) is 134 Å². The van der Waals surface area contributed by atoms with Gasteiger partial charge in [0.15, 0.2) is 0 Å². The topological polar surface area (TPSA) is 6.48 Å². The van der Waals surface area contributed by atoms with Crippen molar-refractivity contribution in [2.45, 2.75) is 91.6 Å². The molecule has 0 saturated heterocycles. The molecule has 0 radical (unpaired) electrons. The molecule has 0 amide bonds. The summed E-state index contributed by atoms with van der Waals surface area (Å²) in [6.45, 7) is 11.6. The number of allylic oxidation sites excluding steroid dienone is 9. The van der Waals surface area contributed by atoms with Crippen LogP contribution in [0.2, 0.25) is 0 Å². The second-order valence-corrected chi connectivity index (χ2v) is 16.0. The van der Waals surface area contributed by atoms with E-state index in [9.17, 15) is 0 Å². The third-order valence-electron chi connectivity index (χ3n) is 11.8. The van der Waals surface area contributed by atoms with Crippen molar-refractivity contribution in [2.75, 3.05) is 4.90 Å². The number of nitrogens with zero attached hydrogens (tertiary/aromatic N) is 2. The standard InChI is InChI=1S/C51H58N2/c1-37-14-11-21-47(32-37)52(46-19-7-6-8-20-46)49-30-28-44(40(4)34-49)26-24-42-17-13-18-43(36-42)25-27-45-29-31-50(35-41(45)5)53(48-22-12-15-38(2)33-48)51-23-10-9-16-39(51)3/h6-10,13-14,16-20,22-28,30-31,34-36,38-39,45,47,51H,11-12,15,21,29,32-33H2,1-5H3/b26-24+,27-25-. The van der Waals surface area contributed by atoms with Crippen LogP contribution in [0, 0.1) is 24.7 Å². The van der Waals surface area contributed by atoms with Crippen molar-refractivity contribution in [3.05, 3.63) is 172 Å². The lowest BCUT2D eigenvalue weighted by molar-refractivity contribution is 0.285. The van der Waals surface area contributed by atoms with Gasteiger partial charge in [0, 0.05) is 34.7 Å². The fourth-order valence-corrected chi connectivity index (χ4v) is 8.70. The normalized spacial score (nSPS) is 24.5. The molecule has 5 unspecified atom stereocenters. The van der Waals surface area contributed by atoms with Crippen LogP contribution in [0.4, 0.5) is 11.4 Å². The molecule has 0 aromatic heterocycles. The molecule has 3 aromatic carbocycles. The molecule has 0 N–H and O–H groups in total. The maximum atomic E-state index is 2.66. The van der Waals surface area contributed by atoms with Gasteiger partial charge >= 0.3 is 0 Å². The summed E-state index contributed by atoms with van der Waals surface area (Å²) in [4.78, 5) is 5.22. The highest BCUT2D eigenvalue weighted by molar-refractivity contribution is 5.75. The third-order valence-corrected chi connectivity index (χ3v) is 11.8. The van der Waals surface area contributed by atoms with Crippen LogP contribution in [0.15, 0.2) is 150 Å². The Hall–Kier alpha value is -4.82. The number of rotatable bonds is 10. The molecule has 7 rings (SSSR count).